The molecule has 0 amide bonds. The SMILES string of the molecule is Cc1cc(C)c2c(c1)c1ncc[c]3c1c1[c](cccc21)[Ge]3([CH3])[CH3]. The van der Waals surface area contributed by atoms with E-state index in [1.54, 1.807) is 8.79 Å². The molecule has 0 spiro atoms. The first-order valence-corrected chi connectivity index (χ1v) is 14.5. The van der Waals surface area contributed by atoms with Crippen molar-refractivity contribution in [2.24, 2.45) is 0 Å². The van der Waals surface area contributed by atoms with E-state index in [0.717, 1.165) is 0 Å². The van der Waals surface area contributed by atoms with Gasteiger partial charge in [-0.25, -0.2) is 0 Å². The molecule has 1 aliphatic rings. The maximum absolute atomic E-state index is 4.83. The van der Waals surface area contributed by atoms with Crippen LogP contribution in [0.1, 0.15) is 11.1 Å². The fourth-order valence-electron chi connectivity index (χ4n) is 4.65. The van der Waals surface area contributed by atoms with Gasteiger partial charge in [-0.3, -0.25) is 0 Å². The molecule has 0 bridgehead atoms. The molecule has 0 fully saturated rings. The van der Waals surface area contributed by atoms with Gasteiger partial charge in [-0.1, -0.05) is 0 Å². The van der Waals surface area contributed by atoms with Crippen LogP contribution < -0.4 is 8.79 Å². The zero-order valence-corrected chi connectivity index (χ0v) is 16.1. The molecule has 0 atom stereocenters. The Morgan fingerprint density at radius 1 is 0.826 bits per heavy atom. The van der Waals surface area contributed by atoms with Crippen LogP contribution in [-0.2, 0) is 0 Å². The van der Waals surface area contributed by atoms with Crippen molar-refractivity contribution in [1.82, 2.24) is 4.98 Å². The first-order valence-electron chi connectivity index (χ1n) is 8.25. The van der Waals surface area contributed by atoms with Gasteiger partial charge in [-0.2, -0.15) is 0 Å². The molecule has 0 N–H and O–H groups in total. The van der Waals surface area contributed by atoms with E-state index in [-0.39, 0.29) is 0 Å². The first kappa shape index (κ1) is 13.6. The molecule has 2 heteroatoms. The topological polar surface area (TPSA) is 12.9 Å². The Labute approximate surface area is 138 Å². The molecule has 112 valence electrons. The van der Waals surface area contributed by atoms with Crippen molar-refractivity contribution in [2.75, 3.05) is 0 Å². The fraction of sp³-hybridized carbons (Fsp3) is 0.190. The Morgan fingerprint density at radius 3 is 2.43 bits per heavy atom. The van der Waals surface area contributed by atoms with E-state index in [2.05, 4.69) is 61.8 Å². The van der Waals surface area contributed by atoms with Crippen LogP contribution in [0.2, 0.25) is 11.5 Å². The van der Waals surface area contributed by atoms with E-state index < -0.39 is 13.3 Å². The summed E-state index contributed by atoms with van der Waals surface area (Å²) in [4.78, 5) is 4.83. The van der Waals surface area contributed by atoms with Crippen molar-refractivity contribution in [3.05, 3.63) is 53.7 Å². The van der Waals surface area contributed by atoms with Crippen molar-refractivity contribution in [3.63, 3.8) is 0 Å². The minimum atomic E-state index is -2.20. The van der Waals surface area contributed by atoms with Gasteiger partial charge >= 0.3 is 139 Å². The number of aryl methyl sites for hydroxylation is 2. The van der Waals surface area contributed by atoms with Crippen molar-refractivity contribution >= 4 is 54.5 Å². The molecule has 0 radical (unpaired) electrons. The molecule has 1 nitrogen and oxygen atoms in total. The summed E-state index contributed by atoms with van der Waals surface area (Å²) >= 11 is -2.20. The standard InChI is InChI=1S/C21H19GeN/c1-12-10-13(2)18-14-6-5-7-16-19(14)20-17(22(16,3)4)8-9-23-21(20)15(18)11-12/h5-11H,1-4H3. The number of aromatic nitrogens is 1. The van der Waals surface area contributed by atoms with Crippen LogP contribution in [0.15, 0.2) is 42.6 Å². The van der Waals surface area contributed by atoms with Gasteiger partial charge in [0, 0.05) is 0 Å². The van der Waals surface area contributed by atoms with Crippen LogP contribution in [0.5, 0.6) is 0 Å². The zero-order valence-electron chi connectivity index (χ0n) is 14.0. The van der Waals surface area contributed by atoms with Crippen molar-refractivity contribution in [1.29, 1.82) is 0 Å². The van der Waals surface area contributed by atoms with Gasteiger partial charge in [0.15, 0.2) is 0 Å². The number of rotatable bonds is 0. The van der Waals surface area contributed by atoms with Gasteiger partial charge in [-0.15, -0.1) is 0 Å². The molecular weight excluding hydrogens is 339 g/mol. The van der Waals surface area contributed by atoms with Crippen molar-refractivity contribution < 1.29 is 0 Å². The number of hydrogen-bond acceptors (Lipinski definition) is 1. The van der Waals surface area contributed by atoms with E-state index in [1.165, 1.54) is 43.6 Å². The summed E-state index contributed by atoms with van der Waals surface area (Å²) in [6.45, 7) is 4.42. The summed E-state index contributed by atoms with van der Waals surface area (Å²) in [5.74, 6) is 5.04. The average Bonchev–Trinajstić information content (AvgIpc) is 2.75. The average molecular weight is 358 g/mol. The summed E-state index contributed by atoms with van der Waals surface area (Å²) in [7, 11) is 0. The number of pyridine rings is 1. The fourth-order valence-corrected chi connectivity index (χ4v) is 11.0. The van der Waals surface area contributed by atoms with E-state index >= 15 is 0 Å². The molecule has 1 aliphatic heterocycles. The second-order valence-electron chi connectivity index (χ2n) is 7.44. The normalized spacial score (nSPS) is 15.3. The Balaban J connectivity index is 2.25. The minimum absolute atomic E-state index is 1.21. The second kappa shape index (κ2) is 4.15. The van der Waals surface area contributed by atoms with Crippen LogP contribution >= 0.6 is 0 Å². The quantitative estimate of drug-likeness (QED) is 0.338. The van der Waals surface area contributed by atoms with E-state index in [0.29, 0.717) is 0 Å². The van der Waals surface area contributed by atoms with Gasteiger partial charge in [0.05, 0.1) is 0 Å². The Hall–Kier alpha value is -1.87. The Kier molecular flexibility index (Phi) is 2.45. The monoisotopic (exact) mass is 359 g/mol. The van der Waals surface area contributed by atoms with Gasteiger partial charge in [0.1, 0.15) is 0 Å². The molecule has 0 aliphatic carbocycles. The second-order valence-corrected chi connectivity index (χ2v) is 16.5. The van der Waals surface area contributed by atoms with Crippen LogP contribution in [0.25, 0.3) is 32.4 Å². The molecule has 0 saturated heterocycles. The predicted molar refractivity (Wildman–Crippen MR) is 103 cm³/mol. The Bertz CT molecular complexity index is 1160. The van der Waals surface area contributed by atoms with Crippen molar-refractivity contribution in [2.45, 2.75) is 25.4 Å². The molecule has 0 saturated carbocycles. The summed E-state index contributed by atoms with van der Waals surface area (Å²) in [5.41, 5.74) is 3.89. The number of nitrogens with zero attached hydrogens (tertiary/aromatic N) is 1. The van der Waals surface area contributed by atoms with Gasteiger partial charge in [-0.05, 0) is 0 Å². The molecule has 4 aromatic rings. The maximum atomic E-state index is 4.83. The van der Waals surface area contributed by atoms with E-state index in [1.807, 2.05) is 6.20 Å². The summed E-state index contributed by atoms with van der Waals surface area (Å²) < 4.78 is 3.22. The van der Waals surface area contributed by atoms with Gasteiger partial charge < -0.3 is 0 Å². The number of benzene rings is 3. The molecule has 23 heavy (non-hydrogen) atoms. The molecular formula is C21H19GeN. The third kappa shape index (κ3) is 1.51. The third-order valence-electron chi connectivity index (χ3n) is 5.62. The van der Waals surface area contributed by atoms with Crippen LogP contribution in [-0.4, -0.2) is 18.3 Å². The molecule has 1 aromatic heterocycles. The third-order valence-corrected chi connectivity index (χ3v) is 13.0. The zero-order chi connectivity index (χ0) is 15.9. The van der Waals surface area contributed by atoms with Crippen LogP contribution in [0, 0.1) is 13.8 Å². The molecule has 3 aromatic carbocycles. The Morgan fingerprint density at radius 2 is 1.61 bits per heavy atom. The molecule has 0 unspecified atom stereocenters. The van der Waals surface area contributed by atoms with Crippen LogP contribution in [0.4, 0.5) is 0 Å². The van der Waals surface area contributed by atoms with E-state index in [9.17, 15) is 0 Å². The van der Waals surface area contributed by atoms with Crippen molar-refractivity contribution in [3.8, 4) is 0 Å². The summed E-state index contributed by atoms with van der Waals surface area (Å²) in [5, 5.41) is 7.08. The van der Waals surface area contributed by atoms with Crippen LogP contribution in [0.3, 0.4) is 0 Å². The van der Waals surface area contributed by atoms with E-state index in [4.69, 9.17) is 4.98 Å². The number of fused-ring (bicyclic) bond motifs is 3. The molecule has 2 heterocycles. The summed E-state index contributed by atoms with van der Waals surface area (Å²) in [6.07, 6.45) is 2.03. The number of hydrogen-bond donors (Lipinski definition) is 0. The molecule has 5 rings (SSSR count). The first-order chi connectivity index (χ1) is 11.0. The van der Waals surface area contributed by atoms with Gasteiger partial charge in [0.25, 0.3) is 0 Å². The summed E-state index contributed by atoms with van der Waals surface area (Å²) in [6, 6.07) is 13.8. The predicted octanol–water partition coefficient (Wildman–Crippen LogP) is 4.29. The van der Waals surface area contributed by atoms with Gasteiger partial charge in [0.2, 0.25) is 0 Å².